The van der Waals surface area contributed by atoms with Crippen molar-refractivity contribution in [2.45, 2.75) is 68.9 Å². The van der Waals surface area contributed by atoms with Crippen LogP contribution in [-0.2, 0) is 14.8 Å². The van der Waals surface area contributed by atoms with Crippen molar-refractivity contribution >= 4 is 49.4 Å². The maximum absolute atomic E-state index is 13.1. The lowest BCUT2D eigenvalue weighted by molar-refractivity contribution is -0.192. The van der Waals surface area contributed by atoms with Crippen LogP contribution in [0, 0.1) is 17.8 Å². The number of nitrogens with one attached hydrogen (secondary N) is 3. The number of aromatic nitrogens is 2. The lowest BCUT2D eigenvalue weighted by atomic mass is 9.82. The zero-order valence-electron chi connectivity index (χ0n) is 26.7. The van der Waals surface area contributed by atoms with Crippen LogP contribution in [0.25, 0.3) is 21.7 Å². The van der Waals surface area contributed by atoms with E-state index >= 15 is 0 Å². The van der Waals surface area contributed by atoms with E-state index in [0.29, 0.717) is 29.2 Å². The van der Waals surface area contributed by atoms with Gasteiger partial charge in [0.1, 0.15) is 5.82 Å². The van der Waals surface area contributed by atoms with Gasteiger partial charge in [-0.2, -0.15) is 18.2 Å². The summed E-state index contributed by atoms with van der Waals surface area (Å²) in [5.41, 5.74) is 0.957. The summed E-state index contributed by atoms with van der Waals surface area (Å²) in [5, 5.41) is 17.1. The summed E-state index contributed by atoms with van der Waals surface area (Å²) in [4.78, 5) is 18.9. The third-order valence-electron chi connectivity index (χ3n) is 9.25. The van der Waals surface area contributed by atoms with Crippen LogP contribution >= 0.6 is 0 Å². The lowest BCUT2D eigenvalue weighted by Gasteiger charge is -2.29. The summed E-state index contributed by atoms with van der Waals surface area (Å²) < 4.78 is 60.9. The minimum Gasteiger partial charge on any atom is -0.475 e. The van der Waals surface area contributed by atoms with Gasteiger partial charge in [0.15, 0.2) is 0 Å². The number of fused-ring (bicyclic) bond motifs is 2. The maximum Gasteiger partial charge on any atom is 0.490 e. The van der Waals surface area contributed by atoms with Gasteiger partial charge in [-0.15, -0.1) is 0 Å². The van der Waals surface area contributed by atoms with Gasteiger partial charge < -0.3 is 15.7 Å². The van der Waals surface area contributed by atoms with Gasteiger partial charge in [0.2, 0.25) is 16.0 Å². The molecule has 48 heavy (non-hydrogen) atoms. The molecule has 0 radical (unpaired) electrons. The van der Waals surface area contributed by atoms with Crippen molar-refractivity contribution in [1.82, 2.24) is 14.7 Å². The first-order chi connectivity index (χ1) is 23.0. The molecule has 2 aliphatic rings. The Balaban J connectivity index is 0.000000582. The number of hydrogen-bond acceptors (Lipinski definition) is 7. The third kappa shape index (κ3) is 9.56. The first-order valence-corrected chi connectivity index (χ1v) is 18.0. The number of halogens is 3. The topological polar surface area (TPSA) is 133 Å². The van der Waals surface area contributed by atoms with Crippen molar-refractivity contribution in [3.63, 3.8) is 0 Å². The van der Waals surface area contributed by atoms with Crippen molar-refractivity contribution < 1.29 is 31.5 Å². The molecule has 3 aromatic carbocycles. The molecule has 258 valence electrons. The Morgan fingerprint density at radius 3 is 1.98 bits per heavy atom. The van der Waals surface area contributed by atoms with E-state index in [9.17, 15) is 21.6 Å². The first kappa shape index (κ1) is 35.3. The number of sulfonamides is 1. The molecule has 4 aromatic rings. The van der Waals surface area contributed by atoms with Crippen LogP contribution in [0.5, 0.6) is 0 Å². The zero-order chi connectivity index (χ0) is 34.1. The molecule has 4 N–H and O–H groups in total. The summed E-state index contributed by atoms with van der Waals surface area (Å²) in [5.74, 6) is 0.442. The van der Waals surface area contributed by atoms with Crippen LogP contribution in [0.2, 0.25) is 0 Å². The second-order valence-electron chi connectivity index (χ2n) is 12.7. The van der Waals surface area contributed by atoms with Crippen molar-refractivity contribution in [2.75, 3.05) is 30.3 Å². The normalized spacial score (nSPS) is 19.0. The van der Waals surface area contributed by atoms with Crippen molar-refractivity contribution in [3.05, 3.63) is 66.7 Å². The Morgan fingerprint density at radius 1 is 0.729 bits per heavy atom. The number of anilines is 2. The van der Waals surface area contributed by atoms with Crippen LogP contribution in [0.3, 0.4) is 0 Å². The number of carboxylic acids is 1. The molecule has 0 aliphatic heterocycles. The number of nitrogens with zero attached hydrogens (tertiary/aromatic N) is 2. The van der Waals surface area contributed by atoms with E-state index in [0.717, 1.165) is 72.2 Å². The van der Waals surface area contributed by atoms with E-state index in [1.54, 1.807) is 6.07 Å². The van der Waals surface area contributed by atoms with Gasteiger partial charge >= 0.3 is 12.1 Å². The molecular weight excluding hydrogens is 643 g/mol. The molecule has 6 rings (SSSR count). The highest BCUT2D eigenvalue weighted by atomic mass is 32.2. The number of carbonyl (C=O) groups is 1. The predicted octanol–water partition coefficient (Wildman–Crippen LogP) is 7.61. The number of alkyl halides is 3. The van der Waals surface area contributed by atoms with E-state index in [4.69, 9.17) is 19.9 Å². The van der Waals surface area contributed by atoms with Crippen molar-refractivity contribution in [3.8, 4) is 0 Å². The lowest BCUT2D eigenvalue weighted by Crippen LogP contribution is -2.32. The molecule has 2 fully saturated rings. The molecule has 2 saturated carbocycles. The van der Waals surface area contributed by atoms with Crippen LogP contribution in [-0.4, -0.2) is 55.3 Å². The average molecular weight is 686 g/mol. The van der Waals surface area contributed by atoms with Gasteiger partial charge in [-0.1, -0.05) is 67.8 Å². The van der Waals surface area contributed by atoms with Gasteiger partial charge in [0, 0.05) is 30.4 Å². The van der Waals surface area contributed by atoms with E-state index in [-0.39, 0.29) is 0 Å². The molecular formula is C35H42F3N5O4S. The number of aliphatic carboxylic acids is 1. The third-order valence-corrected chi connectivity index (χ3v) is 10.7. The Bertz CT molecular complexity index is 1790. The van der Waals surface area contributed by atoms with E-state index in [2.05, 4.69) is 27.5 Å². The van der Waals surface area contributed by atoms with Crippen LogP contribution in [0.4, 0.5) is 24.9 Å². The number of para-hydroxylation sites is 1. The number of rotatable bonds is 10. The standard InChI is InChI=1S/C33H41N5O2S.C2HF3O2/c39-41(40,31-16-8-12-27-11-4-5-13-28(27)31)36-23-26-19-17-25(18-20-26)22-35-33-37-30-15-7-6-14-29(30)32(38-33)34-21-24-9-2-1-3-10-24;3-2(4,5)1(6)7/h4-8,11-16,24-26,36H,1-3,9-10,17-23H2,(H2,34,35,37,38);(H,6,7). The molecule has 0 amide bonds. The number of carboxylic acid groups (broad SMARTS) is 1. The van der Waals surface area contributed by atoms with Gasteiger partial charge in [-0.25, -0.2) is 22.9 Å². The summed E-state index contributed by atoms with van der Waals surface area (Å²) in [6.07, 6.45) is 5.70. The minimum atomic E-state index is -5.08. The SMILES string of the molecule is O=C(O)C(F)(F)F.O=S(=O)(NCC1CCC(CNc2nc(NCC3CCCCC3)c3ccccc3n2)CC1)c1cccc2ccccc12. The molecule has 1 aromatic heterocycles. The fourth-order valence-electron chi connectivity index (χ4n) is 6.53. The zero-order valence-corrected chi connectivity index (χ0v) is 27.5. The Hall–Kier alpha value is -3.97. The molecule has 0 bridgehead atoms. The summed E-state index contributed by atoms with van der Waals surface area (Å²) in [6, 6.07) is 21.3. The van der Waals surface area contributed by atoms with E-state index in [1.807, 2.05) is 48.5 Å². The quantitative estimate of drug-likeness (QED) is 0.134. The van der Waals surface area contributed by atoms with E-state index < -0.39 is 22.2 Å². The molecule has 0 spiro atoms. The van der Waals surface area contributed by atoms with Gasteiger partial charge in [-0.3, -0.25) is 0 Å². The van der Waals surface area contributed by atoms with Crippen LogP contribution in [0.1, 0.15) is 57.8 Å². The number of benzene rings is 3. The second-order valence-corrected chi connectivity index (χ2v) is 14.4. The molecule has 9 nitrogen and oxygen atoms in total. The van der Waals surface area contributed by atoms with Gasteiger partial charge in [-0.05, 0) is 79.9 Å². The molecule has 0 saturated heterocycles. The summed E-state index contributed by atoms with van der Waals surface area (Å²) >= 11 is 0. The highest BCUT2D eigenvalue weighted by molar-refractivity contribution is 7.89. The monoisotopic (exact) mass is 685 g/mol. The summed E-state index contributed by atoms with van der Waals surface area (Å²) in [6.45, 7) is 2.28. The maximum atomic E-state index is 13.1. The van der Waals surface area contributed by atoms with Gasteiger partial charge in [0.25, 0.3) is 0 Å². The fraction of sp³-hybridized carbons (Fsp3) is 0.457. The molecule has 1 heterocycles. The first-order valence-electron chi connectivity index (χ1n) is 16.5. The smallest absolute Gasteiger partial charge is 0.475 e. The van der Waals surface area contributed by atoms with Crippen molar-refractivity contribution in [2.24, 2.45) is 17.8 Å². The highest BCUT2D eigenvalue weighted by Gasteiger charge is 2.38. The minimum absolute atomic E-state index is 0.350. The molecule has 13 heteroatoms. The summed E-state index contributed by atoms with van der Waals surface area (Å²) in [7, 11) is -3.57. The Labute approximate surface area is 278 Å². The van der Waals surface area contributed by atoms with Crippen molar-refractivity contribution in [1.29, 1.82) is 0 Å². The largest absolute Gasteiger partial charge is 0.490 e. The predicted molar refractivity (Wildman–Crippen MR) is 181 cm³/mol. The number of hydrogen-bond donors (Lipinski definition) is 4. The molecule has 2 aliphatic carbocycles. The Kier molecular flexibility index (Phi) is 11.7. The fourth-order valence-corrected chi connectivity index (χ4v) is 7.88. The van der Waals surface area contributed by atoms with E-state index in [1.165, 1.54) is 32.1 Å². The van der Waals surface area contributed by atoms with Crippen LogP contribution < -0.4 is 15.4 Å². The molecule has 0 unspecified atom stereocenters. The second kappa shape index (κ2) is 16.0. The Morgan fingerprint density at radius 2 is 1.29 bits per heavy atom. The van der Waals surface area contributed by atoms with Crippen LogP contribution in [0.15, 0.2) is 71.6 Å². The molecule has 0 atom stereocenters. The highest BCUT2D eigenvalue weighted by Crippen LogP contribution is 2.31. The average Bonchev–Trinajstić information content (AvgIpc) is 3.09. The van der Waals surface area contributed by atoms with Gasteiger partial charge in [0.05, 0.1) is 10.4 Å².